The summed E-state index contributed by atoms with van der Waals surface area (Å²) >= 11 is 5.18. The summed E-state index contributed by atoms with van der Waals surface area (Å²) in [7, 11) is 0. The average Bonchev–Trinajstić information content (AvgIpc) is 2.06. The lowest BCUT2D eigenvalue weighted by Gasteiger charge is -2.09. The molecule has 2 rings (SSSR count). The summed E-state index contributed by atoms with van der Waals surface area (Å²) in [5.41, 5.74) is 2.31. The van der Waals surface area contributed by atoms with E-state index in [2.05, 4.69) is 17.1 Å². The van der Waals surface area contributed by atoms with Crippen LogP contribution >= 0.6 is 12.2 Å². The standard InChI is InChI=1S/C9H7NS/c11-9-3-1-2-7-6-10-5-4-8(7)9/h1-2,4-6H,3H2. The van der Waals surface area contributed by atoms with Gasteiger partial charge >= 0.3 is 0 Å². The number of fused-ring (bicyclic) bond motifs is 1. The summed E-state index contributed by atoms with van der Waals surface area (Å²) < 4.78 is 0. The highest BCUT2D eigenvalue weighted by molar-refractivity contribution is 7.80. The Bertz CT molecular complexity index is 328. The second-order valence-electron chi connectivity index (χ2n) is 2.49. The molecule has 2 heteroatoms. The van der Waals surface area contributed by atoms with Crippen LogP contribution in [0.15, 0.2) is 24.5 Å². The molecule has 0 N–H and O–H groups in total. The van der Waals surface area contributed by atoms with E-state index in [0.29, 0.717) is 0 Å². The molecule has 1 aromatic heterocycles. The molecule has 1 nitrogen and oxygen atoms in total. The zero-order chi connectivity index (χ0) is 7.68. The molecular weight excluding hydrogens is 154 g/mol. The van der Waals surface area contributed by atoms with Gasteiger partial charge in [0.25, 0.3) is 0 Å². The minimum Gasteiger partial charge on any atom is -0.264 e. The van der Waals surface area contributed by atoms with Gasteiger partial charge in [0.2, 0.25) is 0 Å². The van der Waals surface area contributed by atoms with Crippen LogP contribution in [0.25, 0.3) is 6.08 Å². The molecule has 0 amide bonds. The van der Waals surface area contributed by atoms with Crippen LogP contribution in [0.1, 0.15) is 17.5 Å². The van der Waals surface area contributed by atoms with Gasteiger partial charge < -0.3 is 0 Å². The van der Waals surface area contributed by atoms with Crippen LogP contribution in [-0.4, -0.2) is 9.85 Å². The van der Waals surface area contributed by atoms with Crippen molar-refractivity contribution in [2.24, 2.45) is 0 Å². The van der Waals surface area contributed by atoms with Crippen molar-refractivity contribution in [2.45, 2.75) is 6.42 Å². The SMILES string of the molecule is S=C1CC=Cc2cnccc21. The molecule has 0 atom stereocenters. The Morgan fingerprint density at radius 2 is 2.36 bits per heavy atom. The first-order chi connectivity index (χ1) is 5.38. The first-order valence-corrected chi connectivity index (χ1v) is 3.92. The van der Waals surface area contributed by atoms with Crippen LogP contribution in [-0.2, 0) is 0 Å². The van der Waals surface area contributed by atoms with E-state index in [4.69, 9.17) is 12.2 Å². The van der Waals surface area contributed by atoms with E-state index in [9.17, 15) is 0 Å². The van der Waals surface area contributed by atoms with E-state index in [1.165, 1.54) is 0 Å². The molecule has 0 spiro atoms. The summed E-state index contributed by atoms with van der Waals surface area (Å²) in [6.07, 6.45) is 8.67. The van der Waals surface area contributed by atoms with Gasteiger partial charge in [-0.2, -0.15) is 0 Å². The van der Waals surface area contributed by atoms with Gasteiger partial charge in [0, 0.05) is 29.2 Å². The van der Waals surface area contributed by atoms with E-state index >= 15 is 0 Å². The predicted octanol–water partition coefficient (Wildman–Crippen LogP) is 2.22. The third-order valence-corrected chi connectivity index (χ3v) is 2.14. The zero-order valence-electron chi connectivity index (χ0n) is 5.95. The van der Waals surface area contributed by atoms with Gasteiger partial charge in [-0.1, -0.05) is 24.4 Å². The first-order valence-electron chi connectivity index (χ1n) is 3.52. The van der Waals surface area contributed by atoms with Crippen molar-refractivity contribution >= 4 is 23.2 Å². The maximum absolute atomic E-state index is 5.18. The lowest BCUT2D eigenvalue weighted by atomic mass is 10.00. The van der Waals surface area contributed by atoms with Crippen molar-refractivity contribution in [3.8, 4) is 0 Å². The molecule has 0 unspecified atom stereocenters. The van der Waals surface area contributed by atoms with Crippen LogP contribution in [0.3, 0.4) is 0 Å². The van der Waals surface area contributed by atoms with Crippen molar-refractivity contribution in [3.05, 3.63) is 35.7 Å². The lowest BCUT2D eigenvalue weighted by Crippen LogP contribution is -2.02. The van der Waals surface area contributed by atoms with E-state index in [-0.39, 0.29) is 0 Å². The third-order valence-electron chi connectivity index (χ3n) is 1.75. The molecule has 0 radical (unpaired) electrons. The number of hydrogen-bond donors (Lipinski definition) is 0. The van der Waals surface area contributed by atoms with E-state index in [1.54, 1.807) is 6.20 Å². The smallest absolute Gasteiger partial charge is 0.0346 e. The van der Waals surface area contributed by atoms with Gasteiger partial charge in [-0.3, -0.25) is 4.98 Å². The van der Waals surface area contributed by atoms with Gasteiger partial charge in [-0.25, -0.2) is 0 Å². The Morgan fingerprint density at radius 3 is 3.18 bits per heavy atom. The molecule has 0 bridgehead atoms. The Labute approximate surface area is 70.8 Å². The number of aromatic nitrogens is 1. The second kappa shape index (κ2) is 2.55. The molecule has 1 aromatic rings. The maximum atomic E-state index is 5.18. The highest BCUT2D eigenvalue weighted by atomic mass is 32.1. The van der Waals surface area contributed by atoms with Crippen molar-refractivity contribution < 1.29 is 0 Å². The molecule has 0 fully saturated rings. The fourth-order valence-electron chi connectivity index (χ4n) is 1.20. The van der Waals surface area contributed by atoms with Gasteiger partial charge in [-0.15, -0.1) is 0 Å². The van der Waals surface area contributed by atoms with Crippen molar-refractivity contribution in [1.29, 1.82) is 0 Å². The number of thiocarbonyl (C=S) groups is 1. The number of rotatable bonds is 0. The van der Waals surface area contributed by atoms with Crippen molar-refractivity contribution in [2.75, 3.05) is 0 Å². The quantitative estimate of drug-likeness (QED) is 0.541. The summed E-state index contributed by atoms with van der Waals surface area (Å²) in [5, 5.41) is 0. The summed E-state index contributed by atoms with van der Waals surface area (Å²) in [6.45, 7) is 0. The predicted molar refractivity (Wildman–Crippen MR) is 49.6 cm³/mol. The van der Waals surface area contributed by atoms with Gasteiger partial charge in [-0.05, 0) is 11.6 Å². The normalized spacial score (nSPS) is 14.7. The highest BCUT2D eigenvalue weighted by Crippen LogP contribution is 2.17. The Hall–Kier alpha value is -1.02. The number of nitrogens with zero attached hydrogens (tertiary/aromatic N) is 1. The Kier molecular flexibility index (Phi) is 1.55. The van der Waals surface area contributed by atoms with Crippen molar-refractivity contribution in [1.82, 2.24) is 4.98 Å². The topological polar surface area (TPSA) is 12.9 Å². The van der Waals surface area contributed by atoms with Gasteiger partial charge in [0.05, 0.1) is 0 Å². The first kappa shape index (κ1) is 6.68. The second-order valence-corrected chi connectivity index (χ2v) is 2.99. The molecule has 1 aliphatic rings. The highest BCUT2D eigenvalue weighted by Gasteiger charge is 2.07. The van der Waals surface area contributed by atoms with Gasteiger partial charge in [0.1, 0.15) is 0 Å². The van der Waals surface area contributed by atoms with Crippen LogP contribution in [0, 0.1) is 0 Å². The molecule has 0 saturated carbocycles. The lowest BCUT2D eigenvalue weighted by molar-refractivity contribution is 1.29. The minimum atomic E-state index is 0.895. The van der Waals surface area contributed by atoms with Crippen LogP contribution in [0.5, 0.6) is 0 Å². The summed E-state index contributed by atoms with van der Waals surface area (Å²) in [5.74, 6) is 0. The van der Waals surface area contributed by atoms with E-state index < -0.39 is 0 Å². The fraction of sp³-hybridized carbons (Fsp3) is 0.111. The molecule has 54 valence electrons. The zero-order valence-corrected chi connectivity index (χ0v) is 6.77. The summed E-state index contributed by atoms with van der Waals surface area (Å²) in [6, 6.07) is 1.97. The number of pyridine rings is 1. The Morgan fingerprint density at radius 1 is 1.45 bits per heavy atom. The minimum absolute atomic E-state index is 0.895. The number of allylic oxidation sites excluding steroid dienone is 1. The fourth-order valence-corrected chi connectivity index (χ4v) is 1.48. The molecule has 0 saturated heterocycles. The molecule has 11 heavy (non-hydrogen) atoms. The molecular formula is C9H7NS. The van der Waals surface area contributed by atoms with Crippen LogP contribution in [0.4, 0.5) is 0 Å². The summed E-state index contributed by atoms with van der Waals surface area (Å²) in [4.78, 5) is 5.04. The van der Waals surface area contributed by atoms with Crippen LogP contribution in [0.2, 0.25) is 0 Å². The molecule has 0 aliphatic heterocycles. The van der Waals surface area contributed by atoms with E-state index in [0.717, 1.165) is 22.4 Å². The van der Waals surface area contributed by atoms with Crippen molar-refractivity contribution in [3.63, 3.8) is 0 Å². The molecule has 0 aromatic carbocycles. The van der Waals surface area contributed by atoms with Gasteiger partial charge in [0.15, 0.2) is 0 Å². The molecule has 1 heterocycles. The monoisotopic (exact) mass is 161 g/mol. The van der Waals surface area contributed by atoms with Crippen LogP contribution < -0.4 is 0 Å². The number of hydrogen-bond acceptors (Lipinski definition) is 2. The van der Waals surface area contributed by atoms with E-state index in [1.807, 2.05) is 12.3 Å². The maximum Gasteiger partial charge on any atom is 0.0346 e. The third kappa shape index (κ3) is 1.10. The molecule has 1 aliphatic carbocycles. The Balaban J connectivity index is 2.63. The largest absolute Gasteiger partial charge is 0.264 e. The average molecular weight is 161 g/mol.